The second-order valence-corrected chi connectivity index (χ2v) is 5.47. The van der Waals surface area contributed by atoms with Crippen LogP contribution in [0.2, 0.25) is 0 Å². The van der Waals surface area contributed by atoms with Gasteiger partial charge in [0.15, 0.2) is 0 Å². The predicted octanol–water partition coefficient (Wildman–Crippen LogP) is 2.19. The van der Waals surface area contributed by atoms with Crippen LogP contribution in [0.4, 0.5) is 5.69 Å². The van der Waals surface area contributed by atoms with Crippen molar-refractivity contribution >= 4 is 11.6 Å². The molecule has 1 amide bonds. The first-order valence-corrected chi connectivity index (χ1v) is 6.87. The molecule has 2 aromatic rings. The van der Waals surface area contributed by atoms with E-state index < -0.39 is 0 Å². The molecule has 1 aromatic heterocycles. The largest absolute Gasteiger partial charge is 0.378 e. The van der Waals surface area contributed by atoms with Gasteiger partial charge in [-0.2, -0.15) is 4.98 Å². The van der Waals surface area contributed by atoms with Gasteiger partial charge in [-0.3, -0.25) is 4.79 Å². The van der Waals surface area contributed by atoms with Crippen molar-refractivity contribution in [3.05, 3.63) is 30.2 Å². The molecule has 1 heterocycles. The molecule has 2 rings (SSSR count). The number of hydrogen-bond donors (Lipinski definition) is 1. The maximum atomic E-state index is 11.8. The van der Waals surface area contributed by atoms with Crippen LogP contribution in [0.15, 0.2) is 28.8 Å². The van der Waals surface area contributed by atoms with Gasteiger partial charge in [-0.05, 0) is 30.2 Å². The minimum Gasteiger partial charge on any atom is -0.378 e. The second-order valence-electron chi connectivity index (χ2n) is 5.47. The van der Waals surface area contributed by atoms with E-state index in [1.807, 2.05) is 57.1 Å². The van der Waals surface area contributed by atoms with Gasteiger partial charge in [-0.25, -0.2) is 0 Å². The van der Waals surface area contributed by atoms with Gasteiger partial charge in [0, 0.05) is 31.9 Å². The number of hydrogen-bond acceptors (Lipinski definition) is 5. The number of nitrogens with one attached hydrogen (secondary N) is 1. The highest BCUT2D eigenvalue weighted by Gasteiger charge is 2.16. The molecule has 6 heteroatoms. The van der Waals surface area contributed by atoms with Gasteiger partial charge in [0.05, 0.1) is 0 Å². The molecule has 0 atom stereocenters. The smallest absolute Gasteiger partial charge is 0.316 e. The lowest BCUT2D eigenvalue weighted by Gasteiger charge is -2.11. The Bertz CT molecular complexity index is 602. The van der Waals surface area contributed by atoms with E-state index in [1.54, 1.807) is 0 Å². The molecule has 0 spiro atoms. The molecule has 21 heavy (non-hydrogen) atoms. The quantitative estimate of drug-likeness (QED) is 0.913. The van der Waals surface area contributed by atoms with E-state index in [-0.39, 0.29) is 11.8 Å². The first-order chi connectivity index (χ1) is 9.97. The van der Waals surface area contributed by atoms with Crippen LogP contribution >= 0.6 is 0 Å². The number of nitrogens with zero attached hydrogens (tertiary/aromatic N) is 3. The van der Waals surface area contributed by atoms with E-state index in [0.29, 0.717) is 18.3 Å². The Hall–Kier alpha value is -2.37. The minimum absolute atomic E-state index is 0.0117. The minimum atomic E-state index is -0.340. The lowest BCUT2D eigenvalue weighted by Crippen LogP contribution is -2.27. The van der Waals surface area contributed by atoms with Crippen LogP contribution in [0.5, 0.6) is 0 Å². The summed E-state index contributed by atoms with van der Waals surface area (Å²) in [5, 5.41) is 6.59. The SMILES string of the molecule is CC(C)CNC(=O)c1nc(-c2ccc(N(C)C)cc2)no1. The molecule has 0 aliphatic heterocycles. The maximum Gasteiger partial charge on any atom is 0.316 e. The first-order valence-electron chi connectivity index (χ1n) is 6.87. The van der Waals surface area contributed by atoms with E-state index >= 15 is 0 Å². The normalized spacial score (nSPS) is 10.7. The summed E-state index contributed by atoms with van der Waals surface area (Å²) in [5.41, 5.74) is 1.89. The Morgan fingerprint density at radius 3 is 2.52 bits per heavy atom. The van der Waals surface area contributed by atoms with Crippen LogP contribution < -0.4 is 10.2 Å². The molecule has 0 aliphatic rings. The van der Waals surface area contributed by atoms with Crippen molar-refractivity contribution in [2.75, 3.05) is 25.5 Å². The van der Waals surface area contributed by atoms with Gasteiger partial charge < -0.3 is 14.7 Å². The number of amides is 1. The van der Waals surface area contributed by atoms with Gasteiger partial charge in [0.25, 0.3) is 0 Å². The summed E-state index contributed by atoms with van der Waals surface area (Å²) in [6.45, 7) is 4.62. The van der Waals surface area contributed by atoms with E-state index in [0.717, 1.165) is 11.3 Å². The number of benzene rings is 1. The standard InChI is InChI=1S/C15H20N4O2/c1-10(2)9-16-14(20)15-17-13(18-21-15)11-5-7-12(8-6-11)19(3)4/h5-8,10H,9H2,1-4H3,(H,16,20). The molecular weight excluding hydrogens is 268 g/mol. The lowest BCUT2D eigenvalue weighted by molar-refractivity contribution is 0.0905. The molecule has 0 fully saturated rings. The Kier molecular flexibility index (Phi) is 4.57. The monoisotopic (exact) mass is 288 g/mol. The average molecular weight is 288 g/mol. The van der Waals surface area contributed by atoms with Crippen LogP contribution in [-0.4, -0.2) is 36.7 Å². The van der Waals surface area contributed by atoms with E-state index in [9.17, 15) is 4.79 Å². The molecule has 0 unspecified atom stereocenters. The molecule has 6 nitrogen and oxygen atoms in total. The van der Waals surface area contributed by atoms with Crippen molar-refractivity contribution in [3.63, 3.8) is 0 Å². The third-order valence-corrected chi connectivity index (χ3v) is 2.93. The summed E-state index contributed by atoms with van der Waals surface area (Å²) in [7, 11) is 3.95. The van der Waals surface area contributed by atoms with E-state index in [2.05, 4.69) is 15.5 Å². The number of rotatable bonds is 5. The molecule has 1 N–H and O–H groups in total. The number of carbonyl (C=O) groups excluding carboxylic acids is 1. The molecule has 0 bridgehead atoms. The zero-order valence-corrected chi connectivity index (χ0v) is 12.8. The molecule has 1 aromatic carbocycles. The Morgan fingerprint density at radius 1 is 1.29 bits per heavy atom. The van der Waals surface area contributed by atoms with Crippen molar-refractivity contribution in [2.24, 2.45) is 5.92 Å². The number of anilines is 1. The summed E-state index contributed by atoms with van der Waals surface area (Å²) >= 11 is 0. The molecule has 0 saturated heterocycles. The first kappa shape index (κ1) is 15.0. The van der Waals surface area contributed by atoms with Crippen molar-refractivity contribution in [1.82, 2.24) is 15.5 Å². The van der Waals surface area contributed by atoms with Crippen molar-refractivity contribution in [1.29, 1.82) is 0 Å². The summed E-state index contributed by atoms with van der Waals surface area (Å²) in [6.07, 6.45) is 0. The summed E-state index contributed by atoms with van der Waals surface area (Å²) in [4.78, 5) is 18.0. The van der Waals surface area contributed by atoms with Gasteiger partial charge in [-0.1, -0.05) is 19.0 Å². The molecular formula is C15H20N4O2. The van der Waals surface area contributed by atoms with Crippen molar-refractivity contribution in [2.45, 2.75) is 13.8 Å². The highest BCUT2D eigenvalue weighted by molar-refractivity contribution is 5.89. The van der Waals surface area contributed by atoms with E-state index in [1.165, 1.54) is 0 Å². The van der Waals surface area contributed by atoms with Crippen molar-refractivity contribution < 1.29 is 9.32 Å². The Labute approximate surface area is 124 Å². The third kappa shape index (κ3) is 3.81. The highest BCUT2D eigenvalue weighted by atomic mass is 16.5. The Morgan fingerprint density at radius 2 is 1.95 bits per heavy atom. The van der Waals surface area contributed by atoms with E-state index in [4.69, 9.17) is 4.52 Å². The van der Waals surface area contributed by atoms with Crippen LogP contribution in [0, 0.1) is 5.92 Å². The molecule has 0 saturated carbocycles. The second kappa shape index (κ2) is 6.39. The van der Waals surface area contributed by atoms with Crippen LogP contribution in [0.3, 0.4) is 0 Å². The zero-order chi connectivity index (χ0) is 15.4. The average Bonchev–Trinajstić information content (AvgIpc) is 2.94. The third-order valence-electron chi connectivity index (χ3n) is 2.93. The van der Waals surface area contributed by atoms with Crippen LogP contribution in [-0.2, 0) is 0 Å². The van der Waals surface area contributed by atoms with Crippen LogP contribution in [0.1, 0.15) is 24.5 Å². The molecule has 0 aliphatic carbocycles. The maximum absolute atomic E-state index is 11.8. The van der Waals surface area contributed by atoms with Crippen LogP contribution in [0.25, 0.3) is 11.4 Å². The fraction of sp³-hybridized carbons (Fsp3) is 0.400. The molecule has 112 valence electrons. The highest BCUT2D eigenvalue weighted by Crippen LogP contribution is 2.19. The van der Waals surface area contributed by atoms with Gasteiger partial charge >= 0.3 is 11.8 Å². The van der Waals surface area contributed by atoms with Crippen molar-refractivity contribution in [3.8, 4) is 11.4 Å². The fourth-order valence-corrected chi connectivity index (χ4v) is 1.71. The summed E-state index contributed by atoms with van der Waals surface area (Å²) in [6, 6.07) is 7.72. The lowest BCUT2D eigenvalue weighted by atomic mass is 10.2. The topological polar surface area (TPSA) is 71.3 Å². The zero-order valence-electron chi connectivity index (χ0n) is 12.8. The van der Waals surface area contributed by atoms with Gasteiger partial charge in [-0.15, -0.1) is 0 Å². The fourth-order valence-electron chi connectivity index (χ4n) is 1.71. The summed E-state index contributed by atoms with van der Waals surface area (Å²) < 4.78 is 5.01. The van der Waals surface area contributed by atoms with Gasteiger partial charge in [0.2, 0.25) is 5.82 Å². The van der Waals surface area contributed by atoms with Gasteiger partial charge in [0.1, 0.15) is 0 Å². The number of carbonyl (C=O) groups is 1. The summed E-state index contributed by atoms with van der Waals surface area (Å²) in [5.74, 6) is 0.430. The molecule has 0 radical (unpaired) electrons. The number of aromatic nitrogens is 2. The Balaban J connectivity index is 2.10. The predicted molar refractivity (Wildman–Crippen MR) is 81.2 cm³/mol.